The van der Waals surface area contributed by atoms with Gasteiger partial charge in [0.2, 0.25) is 0 Å². The number of aromatic nitrogens is 1. The summed E-state index contributed by atoms with van der Waals surface area (Å²) in [6.07, 6.45) is 3.19. The van der Waals surface area contributed by atoms with Gasteiger partial charge in [-0.3, -0.25) is 0 Å². The number of fused-ring (bicyclic) bond motifs is 1. The van der Waals surface area contributed by atoms with Gasteiger partial charge < -0.3 is 5.11 Å². The summed E-state index contributed by atoms with van der Waals surface area (Å²) < 4.78 is 0. The zero-order chi connectivity index (χ0) is 8.55. The predicted octanol–water partition coefficient (Wildman–Crippen LogP) is -1.05. The molecule has 0 saturated carbocycles. The van der Waals surface area contributed by atoms with Crippen LogP contribution < -0.4 is 10.7 Å². The molecule has 1 atom stereocenters. The first-order valence-corrected chi connectivity index (χ1v) is 3.51. The molecule has 4 heteroatoms. The van der Waals surface area contributed by atoms with Crippen LogP contribution in [0.3, 0.4) is 0 Å². The Bertz CT molecular complexity index is 404. The summed E-state index contributed by atoms with van der Waals surface area (Å²) in [7, 11) is 0. The summed E-state index contributed by atoms with van der Waals surface area (Å²) in [6.45, 7) is 0. The van der Waals surface area contributed by atoms with Gasteiger partial charge in [-0.2, -0.15) is 0 Å². The van der Waals surface area contributed by atoms with Crippen molar-refractivity contribution in [2.75, 3.05) is 0 Å². The highest BCUT2D eigenvalue weighted by atomic mass is 16.4. The quantitative estimate of drug-likeness (QED) is 0.573. The fourth-order valence-electron chi connectivity index (χ4n) is 1.11. The van der Waals surface area contributed by atoms with E-state index in [4.69, 9.17) is 5.11 Å². The Hall–Kier alpha value is -1.71. The van der Waals surface area contributed by atoms with Gasteiger partial charge >= 0.3 is 5.97 Å². The minimum atomic E-state index is -0.937. The Morgan fingerprint density at radius 2 is 2.42 bits per heavy atom. The Balaban J connectivity index is 2.60. The first kappa shape index (κ1) is 6.97. The highest BCUT2D eigenvalue weighted by Crippen LogP contribution is 1.94. The second-order valence-corrected chi connectivity index (χ2v) is 2.50. The molecule has 12 heavy (non-hydrogen) atoms. The second-order valence-electron chi connectivity index (χ2n) is 2.50. The molecule has 4 nitrogen and oxygen atoms in total. The van der Waals surface area contributed by atoms with Gasteiger partial charge in [-0.25, -0.2) is 14.8 Å². The Kier molecular flexibility index (Phi) is 1.40. The van der Waals surface area contributed by atoms with Crippen molar-refractivity contribution < 1.29 is 9.90 Å². The molecule has 2 rings (SSSR count). The molecule has 1 aliphatic heterocycles. The molecule has 1 aliphatic rings. The van der Waals surface area contributed by atoms with Crippen molar-refractivity contribution in [3.8, 4) is 0 Å². The van der Waals surface area contributed by atoms with Crippen molar-refractivity contribution in [3.05, 3.63) is 29.0 Å². The molecule has 1 aromatic rings. The number of carboxylic acids is 1. The number of pyridine rings is 1. The lowest BCUT2D eigenvalue weighted by Gasteiger charge is -1.92. The topological polar surface area (TPSA) is 62.5 Å². The average Bonchev–Trinajstić information content (AvgIpc) is 2.46. The van der Waals surface area contributed by atoms with Gasteiger partial charge in [0.15, 0.2) is 11.5 Å². The van der Waals surface area contributed by atoms with Gasteiger partial charge in [-0.15, -0.1) is 0 Å². The summed E-state index contributed by atoms with van der Waals surface area (Å²) in [6, 6.07) is 2.80. The molecule has 0 aliphatic carbocycles. The van der Waals surface area contributed by atoms with E-state index in [2.05, 4.69) is 9.98 Å². The minimum absolute atomic E-state index is 0.518. The van der Waals surface area contributed by atoms with E-state index in [0.717, 1.165) is 5.22 Å². The molecule has 0 aromatic carbocycles. The molecule has 2 heterocycles. The maximum absolute atomic E-state index is 10.5. The van der Waals surface area contributed by atoms with Crippen LogP contribution in [0.15, 0.2) is 23.3 Å². The van der Waals surface area contributed by atoms with E-state index in [-0.39, 0.29) is 0 Å². The summed E-state index contributed by atoms with van der Waals surface area (Å²) in [5.41, 5.74) is 0.518. The number of nitrogens with zero attached hydrogens (tertiary/aromatic N) is 2. The number of carboxylic acid groups (broad SMARTS) is 1. The highest BCUT2D eigenvalue weighted by molar-refractivity contribution is 5.81. The SMILES string of the molecule is O=C(O)[C@@H]1C=c2cccnc2=N1. The van der Waals surface area contributed by atoms with Gasteiger partial charge in [0.05, 0.1) is 0 Å². The van der Waals surface area contributed by atoms with Gasteiger partial charge in [0.1, 0.15) is 0 Å². The van der Waals surface area contributed by atoms with Crippen LogP contribution in [-0.4, -0.2) is 22.1 Å². The van der Waals surface area contributed by atoms with Crippen LogP contribution in [0.4, 0.5) is 0 Å². The molecule has 1 aromatic heterocycles. The fraction of sp³-hybridized carbons (Fsp3) is 0.125. The van der Waals surface area contributed by atoms with E-state index in [9.17, 15) is 4.79 Å². The van der Waals surface area contributed by atoms with Gasteiger partial charge in [0.25, 0.3) is 0 Å². The Labute approximate surface area is 67.9 Å². The number of aliphatic carboxylic acids is 1. The second kappa shape index (κ2) is 2.41. The molecule has 0 unspecified atom stereocenters. The third kappa shape index (κ3) is 0.972. The maximum atomic E-state index is 10.5. The molecule has 0 bridgehead atoms. The number of hydrogen-bond acceptors (Lipinski definition) is 3. The van der Waals surface area contributed by atoms with E-state index >= 15 is 0 Å². The maximum Gasteiger partial charge on any atom is 0.332 e. The van der Waals surface area contributed by atoms with Crippen molar-refractivity contribution in [2.24, 2.45) is 4.99 Å². The molecule has 0 fully saturated rings. The summed E-state index contributed by atoms with van der Waals surface area (Å²) in [5, 5.41) is 9.43. The van der Waals surface area contributed by atoms with E-state index < -0.39 is 12.0 Å². The monoisotopic (exact) mass is 162 g/mol. The zero-order valence-corrected chi connectivity index (χ0v) is 6.14. The van der Waals surface area contributed by atoms with Crippen molar-refractivity contribution in [2.45, 2.75) is 6.04 Å². The van der Waals surface area contributed by atoms with Crippen molar-refractivity contribution >= 4 is 12.0 Å². The van der Waals surface area contributed by atoms with Crippen LogP contribution in [0.1, 0.15) is 0 Å². The molecule has 0 saturated heterocycles. The van der Waals surface area contributed by atoms with Crippen molar-refractivity contribution in [1.82, 2.24) is 4.98 Å². The number of hydrogen-bond donors (Lipinski definition) is 1. The summed E-state index contributed by atoms with van der Waals surface area (Å²) in [5.74, 6) is -0.937. The standard InChI is InChI=1S/C8H6N2O2/c11-8(12)6-4-5-2-1-3-9-7(5)10-6/h1-4,6H,(H,11,12)/t6-/m0/s1. The molecule has 1 N–H and O–H groups in total. The Morgan fingerprint density at radius 1 is 1.58 bits per heavy atom. The predicted molar refractivity (Wildman–Crippen MR) is 40.9 cm³/mol. The molecular weight excluding hydrogens is 156 g/mol. The normalized spacial score (nSPS) is 19.2. The number of carbonyl (C=O) groups is 1. The van der Waals surface area contributed by atoms with Crippen LogP contribution in [-0.2, 0) is 4.79 Å². The Morgan fingerprint density at radius 3 is 3.08 bits per heavy atom. The summed E-state index contributed by atoms with van der Waals surface area (Å²) in [4.78, 5) is 18.3. The third-order valence-electron chi connectivity index (χ3n) is 1.67. The van der Waals surface area contributed by atoms with E-state index in [0.29, 0.717) is 5.49 Å². The molecule has 0 radical (unpaired) electrons. The van der Waals surface area contributed by atoms with Gasteiger partial charge in [0, 0.05) is 11.4 Å². The first-order valence-electron chi connectivity index (χ1n) is 3.51. The first-order chi connectivity index (χ1) is 5.77. The van der Waals surface area contributed by atoms with Crippen LogP contribution in [0.2, 0.25) is 0 Å². The fourth-order valence-corrected chi connectivity index (χ4v) is 1.11. The molecule has 0 amide bonds. The van der Waals surface area contributed by atoms with E-state index in [1.54, 1.807) is 24.4 Å². The van der Waals surface area contributed by atoms with Crippen LogP contribution in [0.5, 0.6) is 0 Å². The van der Waals surface area contributed by atoms with E-state index in [1.807, 2.05) is 0 Å². The molecule has 0 spiro atoms. The van der Waals surface area contributed by atoms with Crippen LogP contribution >= 0.6 is 0 Å². The van der Waals surface area contributed by atoms with Crippen molar-refractivity contribution in [1.29, 1.82) is 0 Å². The lowest BCUT2D eigenvalue weighted by atomic mass is 10.3. The minimum Gasteiger partial charge on any atom is -0.479 e. The molecule has 60 valence electrons. The number of rotatable bonds is 1. The summed E-state index contributed by atoms with van der Waals surface area (Å²) >= 11 is 0. The van der Waals surface area contributed by atoms with Crippen LogP contribution in [0.25, 0.3) is 6.08 Å². The van der Waals surface area contributed by atoms with Gasteiger partial charge in [-0.05, 0) is 18.2 Å². The highest BCUT2D eigenvalue weighted by Gasteiger charge is 2.15. The smallest absolute Gasteiger partial charge is 0.332 e. The third-order valence-corrected chi connectivity index (χ3v) is 1.67. The zero-order valence-electron chi connectivity index (χ0n) is 6.14. The lowest BCUT2D eigenvalue weighted by Crippen LogP contribution is -2.23. The van der Waals surface area contributed by atoms with Crippen LogP contribution in [0, 0.1) is 0 Å². The van der Waals surface area contributed by atoms with Crippen molar-refractivity contribution in [3.63, 3.8) is 0 Å². The largest absolute Gasteiger partial charge is 0.479 e. The lowest BCUT2D eigenvalue weighted by molar-refractivity contribution is -0.136. The van der Waals surface area contributed by atoms with E-state index in [1.165, 1.54) is 0 Å². The molecular formula is C8H6N2O2. The average molecular weight is 162 g/mol. The van der Waals surface area contributed by atoms with Gasteiger partial charge in [-0.1, -0.05) is 0 Å².